The number of anilines is 3. The molecule has 0 spiro atoms. The smallest absolute Gasteiger partial charge is 0.243 e. The summed E-state index contributed by atoms with van der Waals surface area (Å²) in [4.78, 5) is 23.8. The predicted molar refractivity (Wildman–Crippen MR) is 105 cm³/mol. The van der Waals surface area contributed by atoms with Crippen LogP contribution in [0.4, 0.5) is 17.1 Å². The van der Waals surface area contributed by atoms with Crippen molar-refractivity contribution in [1.82, 2.24) is 0 Å². The van der Waals surface area contributed by atoms with E-state index in [1.165, 1.54) is 0 Å². The van der Waals surface area contributed by atoms with Gasteiger partial charge in [0.15, 0.2) is 0 Å². The largest absolute Gasteiger partial charge is 0.495 e. The van der Waals surface area contributed by atoms with Gasteiger partial charge in [-0.2, -0.15) is 0 Å². The summed E-state index contributed by atoms with van der Waals surface area (Å²) in [5.74, 6) is 0.312. The molecule has 0 bridgehead atoms. The van der Waals surface area contributed by atoms with E-state index in [4.69, 9.17) is 16.3 Å². The van der Waals surface area contributed by atoms with Crippen molar-refractivity contribution in [3.8, 4) is 5.75 Å². The molecule has 6 nitrogen and oxygen atoms in total. The number of nitrogens with one attached hydrogen (secondary N) is 3. The van der Waals surface area contributed by atoms with Gasteiger partial charge in [0.25, 0.3) is 0 Å². The first-order chi connectivity index (χ1) is 12.5. The summed E-state index contributed by atoms with van der Waals surface area (Å²) in [6.07, 6.45) is 1.24. The minimum absolute atomic E-state index is 0.0472. The summed E-state index contributed by atoms with van der Waals surface area (Å²) in [6, 6.07) is 12.2. The molecule has 2 rings (SSSR count). The molecule has 26 heavy (non-hydrogen) atoms. The first-order valence-electron chi connectivity index (χ1n) is 8.29. The average Bonchev–Trinajstić information content (AvgIpc) is 2.60. The number of carbonyl (C=O) groups is 2. The van der Waals surface area contributed by atoms with Crippen LogP contribution in [0, 0.1) is 0 Å². The number of hydrogen-bond acceptors (Lipinski definition) is 4. The van der Waals surface area contributed by atoms with E-state index in [0.29, 0.717) is 34.3 Å². The molecule has 2 aromatic rings. The molecule has 0 unspecified atom stereocenters. The SMILES string of the molecule is CCCC(=O)Nc1cccc(NC(=O)CNc2ccc(OC)c(Cl)c2)c1. The first kappa shape index (κ1) is 19.6. The number of amides is 2. The number of carbonyl (C=O) groups excluding carboxylic acids is 2. The third kappa shape index (κ3) is 5.97. The fourth-order valence-electron chi connectivity index (χ4n) is 2.29. The molecule has 0 aliphatic rings. The van der Waals surface area contributed by atoms with E-state index >= 15 is 0 Å². The van der Waals surface area contributed by atoms with E-state index in [9.17, 15) is 9.59 Å². The highest BCUT2D eigenvalue weighted by Gasteiger charge is 2.06. The summed E-state index contributed by atoms with van der Waals surface area (Å²) >= 11 is 6.06. The Bertz CT molecular complexity index is 780. The number of ether oxygens (including phenoxy) is 1. The fraction of sp³-hybridized carbons (Fsp3) is 0.263. The van der Waals surface area contributed by atoms with Gasteiger partial charge in [0.05, 0.1) is 18.7 Å². The maximum Gasteiger partial charge on any atom is 0.243 e. The van der Waals surface area contributed by atoms with Crippen molar-refractivity contribution in [2.75, 3.05) is 29.6 Å². The van der Waals surface area contributed by atoms with Crippen LogP contribution in [0.15, 0.2) is 42.5 Å². The van der Waals surface area contributed by atoms with Crippen LogP contribution in [-0.4, -0.2) is 25.5 Å². The number of benzene rings is 2. The van der Waals surface area contributed by atoms with Crippen LogP contribution < -0.4 is 20.7 Å². The van der Waals surface area contributed by atoms with E-state index in [1.807, 2.05) is 6.92 Å². The van der Waals surface area contributed by atoms with Gasteiger partial charge in [-0.05, 0) is 42.8 Å². The summed E-state index contributed by atoms with van der Waals surface area (Å²) in [6.45, 7) is 2.02. The van der Waals surface area contributed by atoms with Crippen molar-refractivity contribution < 1.29 is 14.3 Å². The molecule has 2 aromatic carbocycles. The van der Waals surface area contributed by atoms with Crippen molar-refractivity contribution in [1.29, 1.82) is 0 Å². The van der Waals surface area contributed by atoms with Crippen LogP contribution in [0.5, 0.6) is 5.75 Å². The van der Waals surface area contributed by atoms with Gasteiger partial charge in [0.1, 0.15) is 5.75 Å². The Balaban J connectivity index is 1.89. The molecule has 0 aliphatic heterocycles. The van der Waals surface area contributed by atoms with Gasteiger partial charge in [0.2, 0.25) is 11.8 Å². The third-order valence-electron chi connectivity index (χ3n) is 3.51. The lowest BCUT2D eigenvalue weighted by molar-refractivity contribution is -0.116. The molecule has 0 saturated heterocycles. The zero-order valence-electron chi connectivity index (χ0n) is 14.8. The Morgan fingerprint density at radius 3 is 2.31 bits per heavy atom. The molecule has 2 amide bonds. The third-order valence-corrected chi connectivity index (χ3v) is 3.81. The predicted octanol–water partition coefficient (Wildman–Crippen LogP) is 4.14. The monoisotopic (exact) mass is 375 g/mol. The molecule has 0 saturated carbocycles. The summed E-state index contributed by atoms with van der Waals surface area (Å²) < 4.78 is 5.09. The molecule has 0 atom stereocenters. The lowest BCUT2D eigenvalue weighted by atomic mass is 10.2. The summed E-state index contributed by atoms with van der Waals surface area (Å²) in [5.41, 5.74) is 1.97. The molecule has 0 aromatic heterocycles. The second kappa shape index (κ2) is 9.68. The van der Waals surface area contributed by atoms with Gasteiger partial charge in [-0.1, -0.05) is 24.6 Å². The van der Waals surface area contributed by atoms with E-state index < -0.39 is 0 Å². The van der Waals surface area contributed by atoms with E-state index in [-0.39, 0.29) is 18.4 Å². The fourth-order valence-corrected chi connectivity index (χ4v) is 2.55. The number of halogens is 1. The Kier molecular flexibility index (Phi) is 7.29. The standard InChI is InChI=1S/C19H22ClN3O3/c1-3-5-18(24)22-14-6-4-7-15(10-14)23-19(25)12-21-13-8-9-17(26-2)16(20)11-13/h4,6-11,21H,3,5,12H2,1-2H3,(H,22,24)(H,23,25). The van der Waals surface area contributed by atoms with Crippen molar-refractivity contribution >= 4 is 40.5 Å². The van der Waals surface area contributed by atoms with Gasteiger partial charge in [0, 0.05) is 23.5 Å². The maximum absolute atomic E-state index is 12.1. The topological polar surface area (TPSA) is 79.5 Å². The van der Waals surface area contributed by atoms with Gasteiger partial charge in [-0.3, -0.25) is 9.59 Å². The Labute approximate surface area is 157 Å². The highest BCUT2D eigenvalue weighted by Crippen LogP contribution is 2.27. The molecule has 0 heterocycles. The zero-order chi connectivity index (χ0) is 18.9. The molecular weight excluding hydrogens is 354 g/mol. The molecule has 7 heteroatoms. The van der Waals surface area contributed by atoms with E-state index in [2.05, 4.69) is 16.0 Å². The summed E-state index contributed by atoms with van der Waals surface area (Å²) in [5, 5.41) is 9.05. The second-order valence-corrected chi connectivity index (χ2v) is 6.04. The van der Waals surface area contributed by atoms with Crippen LogP contribution in [0.25, 0.3) is 0 Å². The van der Waals surface area contributed by atoms with Crippen LogP contribution in [0.2, 0.25) is 5.02 Å². The number of rotatable bonds is 8. The minimum atomic E-state index is -0.214. The van der Waals surface area contributed by atoms with Crippen LogP contribution >= 0.6 is 11.6 Å². The van der Waals surface area contributed by atoms with E-state index in [1.54, 1.807) is 49.6 Å². The quantitative estimate of drug-likeness (QED) is 0.648. The highest BCUT2D eigenvalue weighted by atomic mass is 35.5. The second-order valence-electron chi connectivity index (χ2n) is 5.63. The van der Waals surface area contributed by atoms with Crippen LogP contribution in [0.3, 0.4) is 0 Å². The average molecular weight is 376 g/mol. The Hall–Kier alpha value is -2.73. The highest BCUT2D eigenvalue weighted by molar-refractivity contribution is 6.32. The van der Waals surface area contributed by atoms with Crippen molar-refractivity contribution in [2.45, 2.75) is 19.8 Å². The van der Waals surface area contributed by atoms with Gasteiger partial charge in [-0.15, -0.1) is 0 Å². The molecular formula is C19H22ClN3O3. The number of hydrogen-bond donors (Lipinski definition) is 3. The lowest BCUT2D eigenvalue weighted by Crippen LogP contribution is -2.21. The van der Waals surface area contributed by atoms with Gasteiger partial charge in [-0.25, -0.2) is 0 Å². The number of methoxy groups -OCH3 is 1. The van der Waals surface area contributed by atoms with Crippen LogP contribution in [0.1, 0.15) is 19.8 Å². The van der Waals surface area contributed by atoms with E-state index in [0.717, 1.165) is 6.42 Å². The molecule has 0 fully saturated rings. The molecule has 3 N–H and O–H groups in total. The zero-order valence-corrected chi connectivity index (χ0v) is 15.5. The van der Waals surface area contributed by atoms with Crippen molar-refractivity contribution in [2.24, 2.45) is 0 Å². The molecule has 138 valence electrons. The lowest BCUT2D eigenvalue weighted by Gasteiger charge is -2.11. The van der Waals surface area contributed by atoms with Crippen molar-refractivity contribution in [3.63, 3.8) is 0 Å². The summed E-state index contributed by atoms with van der Waals surface area (Å²) in [7, 11) is 1.54. The van der Waals surface area contributed by atoms with Crippen LogP contribution in [-0.2, 0) is 9.59 Å². The van der Waals surface area contributed by atoms with Gasteiger partial charge < -0.3 is 20.7 Å². The minimum Gasteiger partial charge on any atom is -0.495 e. The maximum atomic E-state index is 12.1. The van der Waals surface area contributed by atoms with Gasteiger partial charge >= 0.3 is 0 Å². The Morgan fingerprint density at radius 2 is 1.69 bits per heavy atom. The first-order valence-corrected chi connectivity index (χ1v) is 8.66. The van der Waals surface area contributed by atoms with Crippen molar-refractivity contribution in [3.05, 3.63) is 47.5 Å². The Morgan fingerprint density at radius 1 is 1.00 bits per heavy atom. The molecule has 0 radical (unpaired) electrons. The normalized spacial score (nSPS) is 10.1. The molecule has 0 aliphatic carbocycles.